The third-order valence-electron chi connectivity index (χ3n) is 3.42. The fraction of sp³-hybridized carbons (Fsp3) is 0.615. The van der Waals surface area contributed by atoms with Gasteiger partial charge in [0.1, 0.15) is 0 Å². The van der Waals surface area contributed by atoms with Gasteiger partial charge in [0.25, 0.3) is 0 Å². The Labute approximate surface area is 117 Å². The molecule has 0 radical (unpaired) electrons. The van der Waals surface area contributed by atoms with E-state index in [0.29, 0.717) is 19.6 Å². The Balaban J connectivity index is 1.77. The number of rotatable bonds is 3. The fourth-order valence-electron chi connectivity index (χ4n) is 2.27. The monoisotopic (exact) mass is 281 g/mol. The van der Waals surface area contributed by atoms with Crippen molar-refractivity contribution >= 4 is 23.2 Å². The molecule has 19 heavy (non-hydrogen) atoms. The molecule has 2 amide bonds. The van der Waals surface area contributed by atoms with Crippen LogP contribution >= 0.6 is 11.3 Å². The highest BCUT2D eigenvalue weighted by atomic mass is 32.1. The molecule has 2 rings (SSSR count). The van der Waals surface area contributed by atoms with Crippen molar-refractivity contribution in [2.24, 2.45) is 5.92 Å². The molecule has 0 aliphatic carbocycles. The third kappa shape index (κ3) is 3.76. The van der Waals surface area contributed by atoms with E-state index in [0.717, 1.165) is 23.5 Å². The van der Waals surface area contributed by atoms with Crippen molar-refractivity contribution < 1.29 is 9.59 Å². The first-order valence-electron chi connectivity index (χ1n) is 6.50. The Morgan fingerprint density at radius 2 is 2.16 bits per heavy atom. The van der Waals surface area contributed by atoms with E-state index < -0.39 is 0 Å². The number of carbonyl (C=O) groups is 2. The van der Waals surface area contributed by atoms with Gasteiger partial charge < -0.3 is 10.2 Å². The zero-order valence-electron chi connectivity index (χ0n) is 11.3. The minimum atomic E-state index is 0.0235. The second-order valence-electron chi connectivity index (χ2n) is 4.86. The van der Waals surface area contributed by atoms with Crippen LogP contribution in [0.2, 0.25) is 0 Å². The van der Waals surface area contributed by atoms with E-state index in [1.807, 2.05) is 12.3 Å². The van der Waals surface area contributed by atoms with E-state index in [1.54, 1.807) is 23.2 Å². The first kappa shape index (κ1) is 14.0. The normalized spacial score (nSPS) is 16.4. The number of hydrogen-bond donors (Lipinski definition) is 1. The highest BCUT2D eigenvalue weighted by molar-refractivity contribution is 7.09. The fourth-order valence-corrected chi connectivity index (χ4v) is 2.88. The molecule has 1 aliphatic rings. The van der Waals surface area contributed by atoms with Crippen LogP contribution in [-0.4, -0.2) is 34.8 Å². The summed E-state index contributed by atoms with van der Waals surface area (Å²) in [6, 6.07) is 0. The third-order valence-corrected chi connectivity index (χ3v) is 4.24. The number of thiazole rings is 1. The van der Waals surface area contributed by atoms with Gasteiger partial charge in [0.15, 0.2) is 0 Å². The van der Waals surface area contributed by atoms with Gasteiger partial charge in [0.2, 0.25) is 11.8 Å². The summed E-state index contributed by atoms with van der Waals surface area (Å²) < 4.78 is 0. The molecule has 1 saturated heterocycles. The lowest BCUT2D eigenvalue weighted by Gasteiger charge is -2.30. The highest BCUT2D eigenvalue weighted by Gasteiger charge is 2.25. The van der Waals surface area contributed by atoms with E-state index in [1.165, 1.54) is 0 Å². The van der Waals surface area contributed by atoms with Crippen molar-refractivity contribution in [1.29, 1.82) is 0 Å². The van der Waals surface area contributed by atoms with Crippen molar-refractivity contribution in [3.05, 3.63) is 16.1 Å². The Bertz CT molecular complexity index is 464. The predicted octanol–water partition coefficient (Wildman–Crippen LogP) is 1.33. The van der Waals surface area contributed by atoms with Crippen molar-refractivity contribution in [3.63, 3.8) is 0 Å². The topological polar surface area (TPSA) is 62.3 Å². The van der Waals surface area contributed by atoms with Crippen LogP contribution < -0.4 is 5.32 Å². The summed E-state index contributed by atoms with van der Waals surface area (Å²) in [7, 11) is 0. The molecule has 1 aromatic heterocycles. The molecule has 0 spiro atoms. The molecule has 104 valence electrons. The van der Waals surface area contributed by atoms with Gasteiger partial charge in [0, 0.05) is 31.3 Å². The van der Waals surface area contributed by atoms with E-state index >= 15 is 0 Å². The summed E-state index contributed by atoms with van der Waals surface area (Å²) in [5, 5.41) is 5.91. The van der Waals surface area contributed by atoms with Crippen LogP contribution in [0.25, 0.3) is 0 Å². The Kier molecular flexibility index (Phi) is 4.52. The Hall–Kier alpha value is -1.43. The zero-order valence-corrected chi connectivity index (χ0v) is 12.1. The first-order chi connectivity index (χ1) is 9.06. The first-order valence-corrected chi connectivity index (χ1v) is 7.38. The number of piperidine rings is 1. The maximum atomic E-state index is 12.0. The molecule has 0 bridgehead atoms. The average molecular weight is 281 g/mol. The molecule has 1 aromatic rings. The number of hydrogen-bond acceptors (Lipinski definition) is 4. The van der Waals surface area contributed by atoms with Crippen molar-refractivity contribution in [2.75, 3.05) is 13.1 Å². The molecule has 2 heterocycles. The van der Waals surface area contributed by atoms with Gasteiger partial charge in [0.05, 0.1) is 17.2 Å². The number of aryl methyl sites for hydroxylation is 1. The van der Waals surface area contributed by atoms with Gasteiger partial charge in [-0.2, -0.15) is 0 Å². The second kappa shape index (κ2) is 6.14. The molecule has 0 unspecified atom stereocenters. The number of nitrogens with one attached hydrogen (secondary N) is 1. The maximum Gasteiger partial charge on any atom is 0.223 e. The van der Waals surface area contributed by atoms with Crippen LogP contribution in [0.4, 0.5) is 0 Å². The quantitative estimate of drug-likeness (QED) is 0.909. The van der Waals surface area contributed by atoms with E-state index in [9.17, 15) is 9.59 Å². The van der Waals surface area contributed by atoms with Gasteiger partial charge in [-0.3, -0.25) is 9.59 Å². The summed E-state index contributed by atoms with van der Waals surface area (Å²) in [5.74, 6) is 0.195. The van der Waals surface area contributed by atoms with Gasteiger partial charge >= 0.3 is 0 Å². The minimum Gasteiger partial charge on any atom is -0.350 e. The number of carbonyl (C=O) groups excluding carboxylic acids is 2. The molecule has 0 saturated carbocycles. The molecular formula is C13H19N3O2S. The van der Waals surface area contributed by atoms with Crippen LogP contribution in [0.5, 0.6) is 0 Å². The van der Waals surface area contributed by atoms with Crippen LogP contribution in [-0.2, 0) is 16.1 Å². The Morgan fingerprint density at radius 1 is 1.47 bits per heavy atom. The minimum absolute atomic E-state index is 0.0235. The van der Waals surface area contributed by atoms with Crippen molar-refractivity contribution in [2.45, 2.75) is 33.2 Å². The number of likely N-dealkylation sites (tertiary alicyclic amines) is 1. The zero-order chi connectivity index (χ0) is 13.8. The van der Waals surface area contributed by atoms with Gasteiger partial charge in [-0.05, 0) is 19.8 Å². The molecule has 0 aromatic carbocycles. The lowest BCUT2D eigenvalue weighted by atomic mass is 9.96. The lowest BCUT2D eigenvalue weighted by molar-refractivity contribution is -0.134. The summed E-state index contributed by atoms with van der Waals surface area (Å²) in [4.78, 5) is 29.3. The number of amides is 2. The SMILES string of the molecule is CC(=O)N1CCC(C(=O)NCc2csc(C)n2)CC1. The van der Waals surface area contributed by atoms with Crippen LogP contribution in [0, 0.1) is 12.8 Å². The summed E-state index contributed by atoms with van der Waals surface area (Å²) in [6.07, 6.45) is 1.50. The summed E-state index contributed by atoms with van der Waals surface area (Å²) in [5.41, 5.74) is 0.914. The van der Waals surface area contributed by atoms with E-state index in [-0.39, 0.29) is 17.7 Å². The molecular weight excluding hydrogens is 262 g/mol. The van der Waals surface area contributed by atoms with Crippen molar-refractivity contribution in [3.8, 4) is 0 Å². The van der Waals surface area contributed by atoms with Crippen LogP contribution in [0.1, 0.15) is 30.5 Å². The van der Waals surface area contributed by atoms with Crippen molar-refractivity contribution in [1.82, 2.24) is 15.2 Å². The standard InChI is InChI=1S/C13H19N3O2S/c1-9-15-12(8-19-9)7-14-13(18)11-3-5-16(6-4-11)10(2)17/h8,11H,3-7H2,1-2H3,(H,14,18). The van der Waals surface area contributed by atoms with Gasteiger partial charge in [-0.15, -0.1) is 11.3 Å². The van der Waals surface area contributed by atoms with E-state index in [4.69, 9.17) is 0 Å². The molecule has 1 N–H and O–H groups in total. The number of nitrogens with zero attached hydrogens (tertiary/aromatic N) is 2. The smallest absolute Gasteiger partial charge is 0.223 e. The molecule has 1 aliphatic heterocycles. The average Bonchev–Trinajstić information content (AvgIpc) is 2.82. The highest BCUT2D eigenvalue weighted by Crippen LogP contribution is 2.17. The lowest BCUT2D eigenvalue weighted by Crippen LogP contribution is -2.42. The summed E-state index contributed by atoms with van der Waals surface area (Å²) >= 11 is 1.59. The number of aromatic nitrogens is 1. The molecule has 0 atom stereocenters. The van der Waals surface area contributed by atoms with E-state index in [2.05, 4.69) is 10.3 Å². The molecule has 6 heteroatoms. The largest absolute Gasteiger partial charge is 0.350 e. The Morgan fingerprint density at radius 3 is 2.68 bits per heavy atom. The second-order valence-corrected chi connectivity index (χ2v) is 5.92. The molecule has 5 nitrogen and oxygen atoms in total. The summed E-state index contributed by atoms with van der Waals surface area (Å²) in [6.45, 7) is 5.39. The maximum absolute atomic E-state index is 12.0. The van der Waals surface area contributed by atoms with Gasteiger partial charge in [-0.25, -0.2) is 4.98 Å². The van der Waals surface area contributed by atoms with Gasteiger partial charge in [-0.1, -0.05) is 0 Å². The van der Waals surface area contributed by atoms with Crippen LogP contribution in [0.15, 0.2) is 5.38 Å². The molecule has 1 fully saturated rings. The predicted molar refractivity (Wildman–Crippen MR) is 73.7 cm³/mol. The van der Waals surface area contributed by atoms with Crippen LogP contribution in [0.3, 0.4) is 0 Å².